The predicted molar refractivity (Wildman–Crippen MR) is 137 cm³/mol. The first kappa shape index (κ1) is 24.7. The van der Waals surface area contributed by atoms with Gasteiger partial charge in [-0.25, -0.2) is 14.2 Å². The number of benzene rings is 1. The lowest BCUT2D eigenvalue weighted by atomic mass is 9.83. The molecule has 1 fully saturated rings. The van der Waals surface area contributed by atoms with Gasteiger partial charge in [-0.05, 0) is 55.2 Å². The predicted octanol–water partition coefficient (Wildman–Crippen LogP) is 2.75. The molecule has 0 radical (unpaired) electrons. The molecule has 2 aliphatic heterocycles. The van der Waals surface area contributed by atoms with Crippen LogP contribution in [0.15, 0.2) is 16.9 Å². The fourth-order valence-electron chi connectivity index (χ4n) is 6.38. The molecular formula is C28H25ClFN3O6. The molecule has 1 saturated carbocycles. The van der Waals surface area contributed by atoms with Crippen molar-refractivity contribution in [3.8, 4) is 11.4 Å². The zero-order valence-corrected chi connectivity index (χ0v) is 21.8. The number of carbonyl (C=O) groups excluding carboxylic acids is 2. The second-order valence-corrected chi connectivity index (χ2v) is 11.3. The van der Waals surface area contributed by atoms with E-state index < -0.39 is 41.0 Å². The Hall–Kier alpha value is -3.34. The van der Waals surface area contributed by atoms with Crippen LogP contribution in [0.2, 0.25) is 5.02 Å². The largest absolute Gasteiger partial charge is 0.458 e. The molecule has 0 bridgehead atoms. The van der Waals surface area contributed by atoms with Crippen LogP contribution in [-0.4, -0.2) is 37.7 Å². The summed E-state index contributed by atoms with van der Waals surface area (Å²) in [6, 6.07) is 2.32. The number of esters is 1. The second-order valence-electron chi connectivity index (χ2n) is 10.9. The number of nitrogens with one attached hydrogen (secondary N) is 1. The molecule has 3 aromatic rings. The van der Waals surface area contributed by atoms with E-state index >= 15 is 0 Å². The van der Waals surface area contributed by atoms with Gasteiger partial charge in [-0.2, -0.15) is 0 Å². The number of carbonyl (C=O) groups is 2. The van der Waals surface area contributed by atoms with Crippen LogP contribution in [-0.2, 0) is 39.5 Å². The van der Waals surface area contributed by atoms with E-state index in [0.717, 1.165) is 12.8 Å². The van der Waals surface area contributed by atoms with Crippen LogP contribution in [0.5, 0.6) is 0 Å². The van der Waals surface area contributed by atoms with Crippen LogP contribution in [0.4, 0.5) is 4.39 Å². The lowest BCUT2D eigenvalue weighted by molar-refractivity contribution is -0.172. The van der Waals surface area contributed by atoms with Gasteiger partial charge in [0.25, 0.3) is 5.56 Å². The highest BCUT2D eigenvalue weighted by Gasteiger charge is 2.46. The zero-order valence-electron chi connectivity index (χ0n) is 21.0. The Morgan fingerprint density at radius 2 is 2.05 bits per heavy atom. The van der Waals surface area contributed by atoms with Gasteiger partial charge in [-0.15, -0.1) is 0 Å². The summed E-state index contributed by atoms with van der Waals surface area (Å²) < 4.78 is 21.5. The van der Waals surface area contributed by atoms with Gasteiger partial charge in [0.2, 0.25) is 5.91 Å². The number of pyridine rings is 2. The maximum atomic E-state index is 14.9. The molecule has 0 spiro atoms. The third-order valence-corrected chi connectivity index (χ3v) is 9.10. The third kappa shape index (κ3) is 3.38. The molecule has 4 heterocycles. The summed E-state index contributed by atoms with van der Waals surface area (Å²) >= 11 is 6.39. The Morgan fingerprint density at radius 3 is 2.77 bits per heavy atom. The molecular weight excluding hydrogens is 529 g/mol. The van der Waals surface area contributed by atoms with Gasteiger partial charge >= 0.3 is 5.97 Å². The molecule has 4 aliphatic rings. The Morgan fingerprint density at radius 1 is 1.28 bits per heavy atom. The van der Waals surface area contributed by atoms with Gasteiger partial charge in [0.15, 0.2) is 5.60 Å². The average Bonchev–Trinajstić information content (AvgIpc) is 3.71. The quantitative estimate of drug-likeness (QED) is 0.331. The summed E-state index contributed by atoms with van der Waals surface area (Å²) in [4.78, 5) is 43.8. The average molecular weight is 554 g/mol. The van der Waals surface area contributed by atoms with E-state index in [9.17, 15) is 29.0 Å². The number of nitrogens with zero attached hydrogens (tertiary/aromatic N) is 2. The fourth-order valence-corrected chi connectivity index (χ4v) is 6.63. The monoisotopic (exact) mass is 553 g/mol. The highest BCUT2D eigenvalue weighted by atomic mass is 35.5. The van der Waals surface area contributed by atoms with Gasteiger partial charge < -0.3 is 24.8 Å². The van der Waals surface area contributed by atoms with Crippen molar-refractivity contribution in [2.24, 2.45) is 5.92 Å². The van der Waals surface area contributed by atoms with Gasteiger partial charge in [-0.3, -0.25) is 9.59 Å². The summed E-state index contributed by atoms with van der Waals surface area (Å²) in [5, 5.41) is 25.2. The SMILES string of the molecule is CC[C@@]1(O)C(=O)OCc2c1cc1n(c2=O)Cc2c-1nc1cc(F)c(Cl)c3c1c2[C@H](NC(=O)C(O)C1CC1)CC3. The first-order valence-electron chi connectivity index (χ1n) is 13.1. The second kappa shape index (κ2) is 8.33. The Balaban J connectivity index is 1.46. The first-order valence-corrected chi connectivity index (χ1v) is 13.5. The van der Waals surface area contributed by atoms with Crippen molar-refractivity contribution in [2.75, 3.05) is 0 Å². The zero-order chi connectivity index (χ0) is 27.4. The number of fused-ring (bicyclic) bond motifs is 5. The standard InChI is InChI=1S/C28H25ClFN3O6/c1-2-28(38)15-7-19-23-13(9-33(19)26(36)14(15)10-39-27(28)37)21-17(32-25(35)24(34)11-3-4-11)6-5-12-20(21)18(31-23)8-16(30)22(12)29/h7-8,11,17,24,34,38H,2-6,9-10H2,1H3,(H,32,35)/t17-,24?,28+/m1/s1. The van der Waals surface area contributed by atoms with E-state index in [-0.39, 0.29) is 41.6 Å². The highest BCUT2D eigenvalue weighted by Crippen LogP contribution is 2.47. The summed E-state index contributed by atoms with van der Waals surface area (Å²) in [5.74, 6) is -1.96. The molecule has 3 N–H and O–H groups in total. The molecule has 1 amide bonds. The molecule has 2 aliphatic carbocycles. The number of amides is 1. The number of rotatable bonds is 4. The fraction of sp³-hybridized carbons (Fsp3) is 0.429. The Kier molecular flexibility index (Phi) is 5.27. The van der Waals surface area contributed by atoms with E-state index in [1.54, 1.807) is 13.0 Å². The van der Waals surface area contributed by atoms with Crippen molar-refractivity contribution >= 4 is 34.4 Å². The van der Waals surface area contributed by atoms with Gasteiger partial charge in [0.1, 0.15) is 18.5 Å². The van der Waals surface area contributed by atoms with Crippen LogP contribution in [0, 0.1) is 11.7 Å². The van der Waals surface area contributed by atoms with E-state index in [1.807, 2.05) is 0 Å². The molecule has 7 rings (SSSR count). The van der Waals surface area contributed by atoms with E-state index in [1.165, 1.54) is 10.6 Å². The number of ether oxygens (including phenoxy) is 1. The van der Waals surface area contributed by atoms with Crippen LogP contribution in [0.25, 0.3) is 22.3 Å². The summed E-state index contributed by atoms with van der Waals surface area (Å²) in [6.07, 6.45) is 1.31. The number of aliphatic hydroxyl groups excluding tert-OH is 1. The topological polar surface area (TPSA) is 131 Å². The van der Waals surface area contributed by atoms with Crippen LogP contribution in [0.1, 0.15) is 66.5 Å². The van der Waals surface area contributed by atoms with E-state index in [4.69, 9.17) is 21.3 Å². The molecule has 0 saturated heterocycles. The van der Waals surface area contributed by atoms with E-state index in [2.05, 4.69) is 5.32 Å². The lowest BCUT2D eigenvalue weighted by Crippen LogP contribution is -2.44. The smallest absolute Gasteiger partial charge is 0.343 e. The Bertz CT molecular complexity index is 1700. The lowest BCUT2D eigenvalue weighted by Gasteiger charge is -2.31. The van der Waals surface area contributed by atoms with Crippen LogP contribution < -0.4 is 10.9 Å². The molecule has 39 heavy (non-hydrogen) atoms. The normalized spacial score (nSPS) is 23.6. The van der Waals surface area contributed by atoms with Gasteiger partial charge in [0, 0.05) is 22.6 Å². The molecule has 3 atom stereocenters. The van der Waals surface area contributed by atoms with Crippen molar-refractivity contribution in [2.45, 2.75) is 69.9 Å². The first-order chi connectivity index (χ1) is 18.6. The van der Waals surface area contributed by atoms with E-state index in [0.29, 0.717) is 51.8 Å². The maximum Gasteiger partial charge on any atom is 0.343 e. The number of aliphatic hydroxyl groups is 2. The van der Waals surface area contributed by atoms with Crippen LogP contribution in [0.3, 0.4) is 0 Å². The molecule has 2 aromatic heterocycles. The minimum absolute atomic E-state index is 0.0000971. The molecule has 11 heteroatoms. The van der Waals surface area contributed by atoms with Crippen molar-refractivity contribution in [3.05, 3.63) is 61.1 Å². The number of aromatic nitrogens is 2. The molecule has 202 valence electrons. The number of cyclic esters (lactones) is 1. The van der Waals surface area contributed by atoms with Gasteiger partial charge in [0.05, 0.1) is 40.1 Å². The number of aryl methyl sites for hydroxylation is 1. The highest BCUT2D eigenvalue weighted by molar-refractivity contribution is 6.32. The summed E-state index contributed by atoms with van der Waals surface area (Å²) in [5.41, 5.74) is 1.06. The summed E-state index contributed by atoms with van der Waals surface area (Å²) in [7, 11) is 0. The third-order valence-electron chi connectivity index (χ3n) is 8.70. The maximum absolute atomic E-state index is 14.9. The van der Waals surface area contributed by atoms with Crippen molar-refractivity contribution in [3.63, 3.8) is 0 Å². The minimum atomic E-state index is -1.97. The van der Waals surface area contributed by atoms with Crippen molar-refractivity contribution in [1.29, 1.82) is 0 Å². The van der Waals surface area contributed by atoms with Crippen LogP contribution >= 0.6 is 11.6 Å². The number of hydrogen-bond acceptors (Lipinski definition) is 7. The summed E-state index contributed by atoms with van der Waals surface area (Å²) in [6.45, 7) is 1.50. The molecule has 9 nitrogen and oxygen atoms in total. The molecule has 1 aromatic carbocycles. The van der Waals surface area contributed by atoms with Crippen molar-refractivity contribution in [1.82, 2.24) is 14.9 Å². The minimum Gasteiger partial charge on any atom is -0.458 e. The number of hydrogen-bond donors (Lipinski definition) is 3. The van der Waals surface area contributed by atoms with Gasteiger partial charge in [-0.1, -0.05) is 18.5 Å². The molecule has 1 unspecified atom stereocenters. The Labute approximate surface area is 226 Å². The number of halogens is 2. The van der Waals surface area contributed by atoms with Crippen molar-refractivity contribution < 1.29 is 28.9 Å².